The Bertz CT molecular complexity index is 742. The fourth-order valence-corrected chi connectivity index (χ4v) is 3.52. The topological polar surface area (TPSA) is 28.0 Å². The fourth-order valence-electron chi connectivity index (χ4n) is 3.52. The van der Waals surface area contributed by atoms with Crippen LogP contribution in [0.25, 0.3) is 0 Å². The van der Waals surface area contributed by atoms with Crippen LogP contribution in [0.4, 0.5) is 0 Å². The van der Waals surface area contributed by atoms with Crippen molar-refractivity contribution in [3.05, 3.63) is 58.9 Å². The van der Waals surface area contributed by atoms with Gasteiger partial charge in [0, 0.05) is 31.9 Å². The maximum Gasteiger partial charge on any atom is 0.0645 e. The zero-order valence-corrected chi connectivity index (χ0v) is 18.6. The normalized spacial score (nSPS) is 32.5. The van der Waals surface area contributed by atoms with Gasteiger partial charge in [0.05, 0.1) is 18.8 Å². The number of hydrogen-bond acceptors (Lipinski definition) is 3. The molecule has 152 valence electrons. The Hall–Kier alpha value is -2.16. The van der Waals surface area contributed by atoms with E-state index in [4.69, 9.17) is 9.98 Å². The summed E-state index contributed by atoms with van der Waals surface area (Å²) in [6, 6.07) is 0. The van der Waals surface area contributed by atoms with Gasteiger partial charge in [0.1, 0.15) is 0 Å². The number of hydrogen-bond donors (Lipinski definition) is 0. The van der Waals surface area contributed by atoms with Crippen LogP contribution in [0.5, 0.6) is 0 Å². The number of aliphatic imine (C=N–C) groups is 2. The summed E-state index contributed by atoms with van der Waals surface area (Å²) in [6.45, 7) is 10.4. The van der Waals surface area contributed by atoms with Gasteiger partial charge in [-0.15, -0.1) is 0 Å². The van der Waals surface area contributed by atoms with E-state index < -0.39 is 0 Å². The first kappa shape index (κ1) is 22.1. The van der Waals surface area contributed by atoms with Gasteiger partial charge in [0.25, 0.3) is 0 Å². The quantitative estimate of drug-likeness (QED) is 0.537. The van der Waals surface area contributed by atoms with Crippen molar-refractivity contribution in [2.45, 2.75) is 47.0 Å². The van der Waals surface area contributed by atoms with Crippen LogP contribution in [-0.4, -0.2) is 44.0 Å². The van der Waals surface area contributed by atoms with Crippen molar-refractivity contribution < 1.29 is 0 Å². The highest BCUT2D eigenvalue weighted by molar-refractivity contribution is 6.32. The first-order valence-electron chi connectivity index (χ1n) is 10.6. The predicted molar refractivity (Wildman–Crippen MR) is 124 cm³/mol. The molecule has 0 amide bonds. The van der Waals surface area contributed by atoms with Crippen molar-refractivity contribution in [2.24, 2.45) is 21.8 Å². The van der Waals surface area contributed by atoms with E-state index in [1.54, 1.807) is 0 Å². The highest BCUT2D eigenvalue weighted by Crippen LogP contribution is 2.27. The van der Waals surface area contributed by atoms with E-state index in [0.29, 0.717) is 12.5 Å². The average molecular weight is 380 g/mol. The maximum absolute atomic E-state index is 4.85. The van der Waals surface area contributed by atoms with Crippen LogP contribution >= 0.6 is 0 Å². The average Bonchev–Trinajstić information content (AvgIpc) is 2.64. The van der Waals surface area contributed by atoms with Gasteiger partial charge in [-0.3, -0.25) is 9.98 Å². The molecule has 1 heterocycles. The van der Waals surface area contributed by atoms with Crippen molar-refractivity contribution in [2.75, 3.05) is 27.2 Å². The van der Waals surface area contributed by atoms with Gasteiger partial charge in [-0.1, -0.05) is 51.2 Å². The zero-order chi connectivity index (χ0) is 20.5. The molecule has 0 saturated heterocycles. The molecule has 1 unspecified atom stereocenters. The van der Waals surface area contributed by atoms with Crippen molar-refractivity contribution >= 4 is 11.9 Å². The zero-order valence-electron chi connectivity index (χ0n) is 18.6. The standard InChI is InChI=1S/C25H37N3/c1-7-19(2)23-14-10-8-9-12-20(3)24(23)17-26-18-25-21(4)16-22(28(5)6)13-11-15-27-25/h10-14,16,18-19,21H,7-9,15,17H2,1-6H3/b13-11-,14-10-,20-12-,22-16+,24-23+,26-18+,27-25-/t19-,21?/m0/s1. The number of likely N-dealkylation sites (N-methyl/N-ethyl adjacent to an activating group) is 1. The highest BCUT2D eigenvalue weighted by Gasteiger charge is 2.14. The fraction of sp³-hybridized carbons (Fsp3) is 0.520. The van der Waals surface area contributed by atoms with E-state index in [-0.39, 0.29) is 5.92 Å². The lowest BCUT2D eigenvalue weighted by Gasteiger charge is -2.19. The van der Waals surface area contributed by atoms with Crippen LogP contribution in [0.3, 0.4) is 0 Å². The van der Waals surface area contributed by atoms with Gasteiger partial charge in [-0.2, -0.15) is 0 Å². The Kier molecular flexibility index (Phi) is 8.69. The summed E-state index contributed by atoms with van der Waals surface area (Å²) in [5.74, 6) is 0.805. The van der Waals surface area contributed by atoms with Crippen LogP contribution in [0, 0.1) is 11.8 Å². The molecular weight excluding hydrogens is 342 g/mol. The van der Waals surface area contributed by atoms with Crippen LogP contribution in [0.1, 0.15) is 47.0 Å². The van der Waals surface area contributed by atoms with Crippen molar-refractivity contribution in [1.82, 2.24) is 4.90 Å². The van der Waals surface area contributed by atoms with Crippen LogP contribution in [-0.2, 0) is 0 Å². The second-order valence-electron chi connectivity index (χ2n) is 8.02. The molecule has 0 spiro atoms. The third kappa shape index (κ3) is 6.19. The van der Waals surface area contributed by atoms with E-state index in [9.17, 15) is 0 Å². The van der Waals surface area contributed by atoms with Gasteiger partial charge in [0.15, 0.2) is 0 Å². The second kappa shape index (κ2) is 11.0. The number of nitrogens with zero attached hydrogens (tertiary/aromatic N) is 3. The molecule has 28 heavy (non-hydrogen) atoms. The SMILES string of the molecule is CC[C@H](C)C1=C(C/N=C/C2=N/C/C=C\C(N(C)C)=C/C2C)/C(C)=C\CC/C=C\1. The first-order valence-corrected chi connectivity index (χ1v) is 10.6. The van der Waals surface area contributed by atoms with Gasteiger partial charge < -0.3 is 4.90 Å². The largest absolute Gasteiger partial charge is 0.378 e. The maximum atomic E-state index is 4.85. The Labute approximate surface area is 172 Å². The molecule has 2 atom stereocenters. The molecule has 0 bridgehead atoms. The van der Waals surface area contributed by atoms with Crippen molar-refractivity contribution in [3.63, 3.8) is 0 Å². The molecule has 0 saturated carbocycles. The van der Waals surface area contributed by atoms with E-state index in [2.05, 4.69) is 83.1 Å². The molecule has 2 aliphatic rings. The monoisotopic (exact) mass is 379 g/mol. The summed E-state index contributed by atoms with van der Waals surface area (Å²) in [4.78, 5) is 11.7. The lowest BCUT2D eigenvalue weighted by molar-refractivity contribution is 0.524. The number of rotatable bonds is 6. The summed E-state index contributed by atoms with van der Waals surface area (Å²) in [7, 11) is 4.16. The van der Waals surface area contributed by atoms with E-state index in [1.165, 1.54) is 22.4 Å². The molecule has 2 rings (SSSR count). The highest BCUT2D eigenvalue weighted by atomic mass is 15.1. The Morgan fingerprint density at radius 1 is 1.25 bits per heavy atom. The molecule has 0 N–H and O–H groups in total. The molecule has 1 aliphatic heterocycles. The summed E-state index contributed by atoms with van der Waals surface area (Å²) < 4.78 is 0. The van der Waals surface area contributed by atoms with Crippen molar-refractivity contribution in [1.29, 1.82) is 0 Å². The summed E-state index contributed by atoms with van der Waals surface area (Å²) in [5, 5.41) is 0. The van der Waals surface area contributed by atoms with Crippen LogP contribution in [0.15, 0.2) is 68.9 Å². The minimum absolute atomic E-state index is 0.253. The van der Waals surface area contributed by atoms with Crippen LogP contribution < -0.4 is 0 Å². The van der Waals surface area contributed by atoms with E-state index in [1.807, 2.05) is 6.21 Å². The van der Waals surface area contributed by atoms with Gasteiger partial charge in [0.2, 0.25) is 0 Å². The molecular formula is C25H37N3. The Balaban J connectivity index is 2.26. The lowest BCUT2D eigenvalue weighted by atomic mass is 9.88. The van der Waals surface area contributed by atoms with Crippen LogP contribution in [0.2, 0.25) is 0 Å². The smallest absolute Gasteiger partial charge is 0.0645 e. The second-order valence-corrected chi connectivity index (χ2v) is 8.02. The Morgan fingerprint density at radius 2 is 2.04 bits per heavy atom. The molecule has 0 aromatic rings. The van der Waals surface area contributed by atoms with E-state index in [0.717, 1.165) is 31.5 Å². The predicted octanol–water partition coefficient (Wildman–Crippen LogP) is 5.79. The lowest BCUT2D eigenvalue weighted by Crippen LogP contribution is -2.17. The summed E-state index contributed by atoms with van der Waals surface area (Å²) in [6.07, 6.45) is 18.9. The third-order valence-corrected chi connectivity index (χ3v) is 5.59. The molecule has 0 aromatic heterocycles. The van der Waals surface area contributed by atoms with Gasteiger partial charge >= 0.3 is 0 Å². The molecule has 3 nitrogen and oxygen atoms in total. The first-order chi connectivity index (χ1) is 13.4. The van der Waals surface area contributed by atoms with Crippen molar-refractivity contribution in [3.8, 4) is 0 Å². The molecule has 1 aliphatic carbocycles. The molecule has 0 fully saturated rings. The van der Waals surface area contributed by atoms with Gasteiger partial charge in [-0.25, -0.2) is 0 Å². The Morgan fingerprint density at radius 3 is 2.75 bits per heavy atom. The summed E-state index contributed by atoms with van der Waals surface area (Å²) >= 11 is 0. The minimum atomic E-state index is 0.253. The molecule has 0 aromatic carbocycles. The van der Waals surface area contributed by atoms with Gasteiger partial charge in [-0.05, 0) is 54.9 Å². The minimum Gasteiger partial charge on any atom is -0.378 e. The number of allylic oxidation sites excluding steroid dienone is 6. The van der Waals surface area contributed by atoms with E-state index >= 15 is 0 Å². The summed E-state index contributed by atoms with van der Waals surface area (Å²) in [5.41, 5.74) is 6.47. The third-order valence-electron chi connectivity index (χ3n) is 5.59. The molecule has 0 radical (unpaired) electrons. The molecule has 3 heteroatoms.